The maximum absolute atomic E-state index is 4.73. The highest BCUT2D eigenvalue weighted by Crippen LogP contribution is 2.21. The second-order valence-electron chi connectivity index (χ2n) is 5.98. The van der Waals surface area contributed by atoms with Crippen LogP contribution < -0.4 is 0 Å². The van der Waals surface area contributed by atoms with E-state index in [0.717, 1.165) is 35.4 Å². The molecule has 3 aromatic heterocycles. The molecule has 0 radical (unpaired) electrons. The average molecular weight is 320 g/mol. The first-order valence-corrected chi connectivity index (χ1v) is 8.51. The van der Waals surface area contributed by atoms with E-state index in [2.05, 4.69) is 21.9 Å². The van der Waals surface area contributed by atoms with Crippen LogP contribution in [0.5, 0.6) is 0 Å². The molecule has 0 bridgehead atoms. The zero-order chi connectivity index (χ0) is 16.4. The zero-order valence-corrected chi connectivity index (χ0v) is 13.7. The fourth-order valence-corrected chi connectivity index (χ4v) is 2.94. The summed E-state index contributed by atoms with van der Waals surface area (Å²) in [7, 11) is 0. The number of benzene rings is 1. The Kier molecular flexibility index (Phi) is 3.94. The number of hydrogen-bond donors (Lipinski definition) is 1. The van der Waals surface area contributed by atoms with Crippen molar-refractivity contribution >= 4 is 16.8 Å². The second-order valence-corrected chi connectivity index (χ2v) is 5.98. The molecule has 0 unspecified atom stereocenters. The molecule has 0 fully saturated rings. The number of imidazole rings is 1. The Labute approximate surface area is 140 Å². The molecule has 0 saturated carbocycles. The van der Waals surface area contributed by atoms with E-state index in [4.69, 9.17) is 10.1 Å². The number of nitrogens with zero attached hydrogens (tertiary/aromatic N) is 5. The van der Waals surface area contributed by atoms with Gasteiger partial charge in [-0.2, -0.15) is 4.52 Å². The predicted molar refractivity (Wildman–Crippen MR) is 93.7 cm³/mol. The number of aromatic amines is 1. The summed E-state index contributed by atoms with van der Waals surface area (Å²) >= 11 is 0. The third-order valence-electron chi connectivity index (χ3n) is 4.22. The van der Waals surface area contributed by atoms with Gasteiger partial charge in [-0.1, -0.05) is 56.5 Å². The first-order chi connectivity index (χ1) is 11.9. The lowest BCUT2D eigenvalue weighted by Crippen LogP contribution is -2.04. The summed E-state index contributed by atoms with van der Waals surface area (Å²) in [6.07, 6.45) is 7.33. The van der Waals surface area contributed by atoms with Crippen LogP contribution in [0.1, 0.15) is 38.4 Å². The predicted octanol–water partition coefficient (Wildman–Crippen LogP) is 3.79. The molecule has 0 aliphatic heterocycles. The summed E-state index contributed by atoms with van der Waals surface area (Å²) in [5.74, 6) is 1.64. The second kappa shape index (κ2) is 6.39. The van der Waals surface area contributed by atoms with Crippen LogP contribution in [-0.2, 0) is 6.42 Å². The topological polar surface area (TPSA) is 71.8 Å². The molecular weight excluding hydrogens is 300 g/mol. The maximum Gasteiger partial charge on any atom is 0.185 e. The van der Waals surface area contributed by atoms with Gasteiger partial charge in [-0.25, -0.2) is 15.0 Å². The summed E-state index contributed by atoms with van der Waals surface area (Å²) in [4.78, 5) is 16.9. The Morgan fingerprint density at radius 3 is 2.75 bits per heavy atom. The lowest BCUT2D eigenvalue weighted by Gasteiger charge is -2.03. The van der Waals surface area contributed by atoms with E-state index >= 15 is 0 Å². The number of aromatic nitrogens is 6. The van der Waals surface area contributed by atoms with Crippen molar-refractivity contribution in [3.8, 4) is 11.4 Å². The largest absolute Gasteiger partial charge is 0.340 e. The van der Waals surface area contributed by atoms with Crippen LogP contribution in [0.15, 0.2) is 36.7 Å². The zero-order valence-electron chi connectivity index (χ0n) is 13.7. The van der Waals surface area contributed by atoms with Gasteiger partial charge in [0.25, 0.3) is 0 Å². The van der Waals surface area contributed by atoms with Gasteiger partial charge in [0.15, 0.2) is 17.1 Å². The van der Waals surface area contributed by atoms with E-state index in [1.54, 1.807) is 6.33 Å². The normalized spacial score (nSPS) is 11.5. The lowest BCUT2D eigenvalue weighted by molar-refractivity contribution is 0.641. The van der Waals surface area contributed by atoms with Crippen LogP contribution in [0.25, 0.3) is 28.2 Å². The molecule has 0 aliphatic rings. The van der Waals surface area contributed by atoms with Crippen LogP contribution in [0, 0.1) is 0 Å². The smallest absolute Gasteiger partial charge is 0.185 e. The van der Waals surface area contributed by atoms with Gasteiger partial charge in [0, 0.05) is 12.0 Å². The van der Waals surface area contributed by atoms with Gasteiger partial charge >= 0.3 is 0 Å². The van der Waals surface area contributed by atoms with Crippen molar-refractivity contribution in [1.82, 2.24) is 29.5 Å². The molecule has 0 atom stereocenters. The monoisotopic (exact) mass is 320 g/mol. The molecule has 6 nitrogen and oxygen atoms in total. The molecule has 6 heteroatoms. The fraction of sp³-hybridized carbons (Fsp3) is 0.333. The molecule has 24 heavy (non-hydrogen) atoms. The quantitative estimate of drug-likeness (QED) is 0.549. The highest BCUT2D eigenvalue weighted by Gasteiger charge is 2.15. The summed E-state index contributed by atoms with van der Waals surface area (Å²) in [5.41, 5.74) is 3.34. The van der Waals surface area contributed by atoms with Crippen molar-refractivity contribution in [2.24, 2.45) is 0 Å². The van der Waals surface area contributed by atoms with Crippen LogP contribution in [0.2, 0.25) is 0 Å². The Morgan fingerprint density at radius 1 is 1.04 bits per heavy atom. The van der Waals surface area contributed by atoms with Crippen molar-refractivity contribution in [2.75, 3.05) is 0 Å². The first-order valence-electron chi connectivity index (χ1n) is 8.51. The first kappa shape index (κ1) is 14.8. The van der Waals surface area contributed by atoms with Crippen molar-refractivity contribution in [2.45, 2.75) is 39.0 Å². The van der Waals surface area contributed by atoms with Crippen LogP contribution in [0.3, 0.4) is 0 Å². The SMILES string of the molecule is CCCCCCc1nc2nc[nH]c2c2nc(-c3ccccc3)nn12. The summed E-state index contributed by atoms with van der Waals surface area (Å²) in [6.45, 7) is 2.22. The number of hydrogen-bond acceptors (Lipinski definition) is 4. The van der Waals surface area contributed by atoms with Crippen molar-refractivity contribution in [1.29, 1.82) is 0 Å². The van der Waals surface area contributed by atoms with Crippen LogP contribution in [-0.4, -0.2) is 29.5 Å². The Bertz CT molecular complexity index is 954. The number of nitrogens with one attached hydrogen (secondary N) is 1. The van der Waals surface area contributed by atoms with Gasteiger partial charge in [-0.05, 0) is 6.42 Å². The molecule has 0 amide bonds. The van der Waals surface area contributed by atoms with Gasteiger partial charge in [-0.15, -0.1) is 5.10 Å². The van der Waals surface area contributed by atoms with Crippen molar-refractivity contribution in [3.63, 3.8) is 0 Å². The Balaban J connectivity index is 1.80. The maximum atomic E-state index is 4.73. The minimum atomic E-state index is 0.708. The molecule has 1 aromatic carbocycles. The highest BCUT2D eigenvalue weighted by molar-refractivity contribution is 5.85. The van der Waals surface area contributed by atoms with E-state index < -0.39 is 0 Å². The van der Waals surface area contributed by atoms with Crippen LogP contribution >= 0.6 is 0 Å². The average Bonchev–Trinajstić information content (AvgIpc) is 3.25. The highest BCUT2D eigenvalue weighted by atomic mass is 15.3. The summed E-state index contributed by atoms with van der Waals surface area (Å²) < 4.78 is 1.87. The number of H-pyrrole nitrogens is 1. The molecule has 4 aromatic rings. The van der Waals surface area contributed by atoms with Gasteiger partial charge in [0.2, 0.25) is 0 Å². The molecule has 0 saturated heterocycles. The van der Waals surface area contributed by atoms with E-state index in [0.29, 0.717) is 11.5 Å². The van der Waals surface area contributed by atoms with Gasteiger partial charge < -0.3 is 4.98 Å². The molecule has 1 N–H and O–H groups in total. The van der Waals surface area contributed by atoms with Gasteiger partial charge in [0.1, 0.15) is 11.3 Å². The molecule has 0 spiro atoms. The van der Waals surface area contributed by atoms with Crippen LogP contribution in [0.4, 0.5) is 0 Å². The van der Waals surface area contributed by atoms with E-state index in [-0.39, 0.29) is 0 Å². The van der Waals surface area contributed by atoms with E-state index in [1.165, 1.54) is 19.3 Å². The number of fused-ring (bicyclic) bond motifs is 3. The summed E-state index contributed by atoms with van der Waals surface area (Å²) in [6, 6.07) is 10.0. The van der Waals surface area contributed by atoms with E-state index in [1.807, 2.05) is 34.8 Å². The number of unbranched alkanes of at least 4 members (excludes halogenated alkanes) is 3. The van der Waals surface area contributed by atoms with Crippen molar-refractivity contribution < 1.29 is 0 Å². The third-order valence-corrected chi connectivity index (χ3v) is 4.22. The third kappa shape index (κ3) is 2.64. The molecule has 122 valence electrons. The van der Waals surface area contributed by atoms with E-state index in [9.17, 15) is 0 Å². The minimum Gasteiger partial charge on any atom is -0.340 e. The fourth-order valence-electron chi connectivity index (χ4n) is 2.94. The van der Waals surface area contributed by atoms with Gasteiger partial charge in [0.05, 0.1) is 6.33 Å². The van der Waals surface area contributed by atoms with Crippen molar-refractivity contribution in [3.05, 3.63) is 42.5 Å². The Hall–Kier alpha value is -2.76. The Morgan fingerprint density at radius 2 is 1.92 bits per heavy atom. The molecule has 0 aliphatic carbocycles. The molecule has 3 heterocycles. The minimum absolute atomic E-state index is 0.708. The lowest BCUT2D eigenvalue weighted by atomic mass is 10.1. The number of rotatable bonds is 6. The standard InChI is InChI=1S/C18H20N6/c1-2-3-4-8-11-14-21-17-15(19-12-20-17)18-22-16(23-24(14)18)13-9-6-5-7-10-13/h5-7,9-10,12H,2-4,8,11H2,1H3,(H,19,20). The summed E-state index contributed by atoms with van der Waals surface area (Å²) in [5, 5.41) is 4.71. The van der Waals surface area contributed by atoms with Gasteiger partial charge in [-0.3, -0.25) is 0 Å². The number of aryl methyl sites for hydroxylation is 1. The molecule has 4 rings (SSSR count). The molecular formula is C18H20N6.